The highest BCUT2D eigenvalue weighted by Gasteiger charge is 2.40. The van der Waals surface area contributed by atoms with Crippen molar-refractivity contribution in [3.8, 4) is 17.0 Å². The fraction of sp³-hybridized carbons (Fsp3) is 0.250. The van der Waals surface area contributed by atoms with Crippen LogP contribution in [0.25, 0.3) is 11.3 Å². The molecule has 2 aromatic carbocycles. The number of nitrogens with zero attached hydrogens (tertiary/aromatic N) is 2. The van der Waals surface area contributed by atoms with Crippen LogP contribution < -0.4 is 15.4 Å². The van der Waals surface area contributed by atoms with E-state index >= 15 is 0 Å². The van der Waals surface area contributed by atoms with Crippen LogP contribution in [0, 0.1) is 5.82 Å². The maximum Gasteiger partial charge on any atom is 0.513 e. The Kier molecular flexibility index (Phi) is 7.89. The summed E-state index contributed by atoms with van der Waals surface area (Å²) in [5, 5.41) is 9.48. The molecular formula is C24H22ClFN4O7. The van der Waals surface area contributed by atoms with Crippen molar-refractivity contribution in [1.29, 1.82) is 0 Å². The van der Waals surface area contributed by atoms with Crippen LogP contribution in [0.3, 0.4) is 0 Å². The minimum Gasteiger partial charge on any atom is -0.437 e. The molecule has 0 saturated carbocycles. The smallest absolute Gasteiger partial charge is 0.437 e. The molecule has 11 nitrogen and oxygen atoms in total. The van der Waals surface area contributed by atoms with Gasteiger partial charge in [0.05, 0.1) is 18.9 Å². The van der Waals surface area contributed by atoms with Crippen molar-refractivity contribution in [2.24, 2.45) is 0 Å². The number of rotatable bonds is 6. The van der Waals surface area contributed by atoms with E-state index in [1.165, 1.54) is 24.1 Å². The van der Waals surface area contributed by atoms with Gasteiger partial charge in [0.1, 0.15) is 11.9 Å². The third-order valence-corrected chi connectivity index (χ3v) is 5.90. The summed E-state index contributed by atoms with van der Waals surface area (Å²) in [5.41, 5.74) is 0.671. The number of urea groups is 1. The zero-order valence-corrected chi connectivity index (χ0v) is 20.5. The SMILES string of the molecule is COC(=O)Oc1conc1-c1ccc(NC(=O)[C@H]2C[C@@H](OC)CN2C(=O)Nc2ccc(Cl)cc2)c(F)c1. The van der Waals surface area contributed by atoms with Crippen molar-refractivity contribution in [2.45, 2.75) is 18.6 Å². The first-order chi connectivity index (χ1) is 17.8. The largest absolute Gasteiger partial charge is 0.513 e. The number of ether oxygens (including phenoxy) is 3. The fourth-order valence-electron chi connectivity index (χ4n) is 3.78. The molecule has 4 rings (SSSR count). The number of methoxy groups -OCH3 is 2. The molecule has 13 heteroatoms. The highest BCUT2D eigenvalue weighted by Crippen LogP contribution is 2.31. The number of carbonyl (C=O) groups is 3. The Balaban J connectivity index is 1.48. The summed E-state index contributed by atoms with van der Waals surface area (Å²) in [6, 6.07) is 8.96. The fourth-order valence-corrected chi connectivity index (χ4v) is 3.90. The van der Waals surface area contributed by atoms with Crippen molar-refractivity contribution < 1.29 is 37.5 Å². The lowest BCUT2D eigenvalue weighted by Crippen LogP contribution is -2.45. The molecule has 0 bridgehead atoms. The molecule has 3 amide bonds. The van der Waals surface area contributed by atoms with Crippen molar-refractivity contribution in [3.05, 3.63) is 59.6 Å². The summed E-state index contributed by atoms with van der Waals surface area (Å²) in [6.07, 6.45) is -0.0808. The van der Waals surface area contributed by atoms with Gasteiger partial charge in [0.25, 0.3) is 0 Å². The van der Waals surface area contributed by atoms with E-state index in [-0.39, 0.29) is 41.8 Å². The highest BCUT2D eigenvalue weighted by atomic mass is 35.5. The Morgan fingerprint density at radius 1 is 1.14 bits per heavy atom. The standard InChI is InChI=1S/C24H22ClFN4O7/c1-34-16-10-19(30(11-16)23(32)27-15-6-4-14(25)5-7-15)22(31)28-18-8-3-13(9-17(18)26)21-20(12-36-29-21)37-24(33)35-2/h3-9,12,16,19H,10-11H2,1-2H3,(H,27,32)(H,28,31)/t16-,19-/m1/s1. The Labute approximate surface area is 215 Å². The van der Waals surface area contributed by atoms with Gasteiger partial charge in [0.15, 0.2) is 12.0 Å². The molecule has 3 aromatic rings. The predicted molar refractivity (Wildman–Crippen MR) is 130 cm³/mol. The Hall–Kier alpha value is -4.16. The molecular weight excluding hydrogens is 511 g/mol. The van der Waals surface area contributed by atoms with Crippen LogP contribution in [0.1, 0.15) is 6.42 Å². The van der Waals surface area contributed by atoms with Crippen LogP contribution in [0.4, 0.5) is 25.4 Å². The molecule has 2 atom stereocenters. The maximum atomic E-state index is 14.9. The van der Waals surface area contributed by atoms with Gasteiger partial charge >= 0.3 is 12.2 Å². The molecule has 0 spiro atoms. The number of likely N-dealkylation sites (tertiary alicyclic amines) is 1. The topological polar surface area (TPSA) is 132 Å². The molecule has 1 aliphatic rings. The predicted octanol–water partition coefficient (Wildman–Crippen LogP) is 4.54. The summed E-state index contributed by atoms with van der Waals surface area (Å²) < 4.78 is 34.5. The Bertz CT molecular complexity index is 1300. The number of anilines is 2. The van der Waals surface area contributed by atoms with Gasteiger partial charge < -0.3 is 34.3 Å². The normalized spacial score (nSPS) is 16.8. The third kappa shape index (κ3) is 5.98. The van der Waals surface area contributed by atoms with Crippen LogP contribution >= 0.6 is 11.6 Å². The molecule has 2 heterocycles. The number of aromatic nitrogens is 1. The molecule has 2 N–H and O–H groups in total. The highest BCUT2D eigenvalue weighted by molar-refractivity contribution is 6.30. The van der Waals surface area contributed by atoms with E-state index in [2.05, 4.69) is 20.5 Å². The number of hydrogen-bond acceptors (Lipinski definition) is 8. The van der Waals surface area contributed by atoms with E-state index in [4.69, 9.17) is 25.6 Å². The molecule has 194 valence electrons. The summed E-state index contributed by atoms with van der Waals surface area (Å²) in [4.78, 5) is 38.7. The summed E-state index contributed by atoms with van der Waals surface area (Å²) >= 11 is 5.88. The number of amides is 3. The van der Waals surface area contributed by atoms with Crippen molar-refractivity contribution in [1.82, 2.24) is 10.1 Å². The first kappa shape index (κ1) is 25.9. The Morgan fingerprint density at radius 3 is 2.57 bits per heavy atom. The third-order valence-electron chi connectivity index (χ3n) is 5.65. The van der Waals surface area contributed by atoms with Crippen LogP contribution in [-0.4, -0.2) is 61.1 Å². The molecule has 0 aliphatic carbocycles. The monoisotopic (exact) mass is 532 g/mol. The summed E-state index contributed by atoms with van der Waals surface area (Å²) in [7, 11) is 2.62. The van der Waals surface area contributed by atoms with Gasteiger partial charge in [0, 0.05) is 36.3 Å². The summed E-state index contributed by atoms with van der Waals surface area (Å²) in [5.74, 6) is -1.44. The van der Waals surface area contributed by atoms with Crippen LogP contribution in [0.15, 0.2) is 53.3 Å². The van der Waals surface area contributed by atoms with E-state index in [0.717, 1.165) is 19.4 Å². The second kappa shape index (κ2) is 11.3. The van der Waals surface area contributed by atoms with E-state index in [9.17, 15) is 18.8 Å². The number of nitrogens with one attached hydrogen (secondary N) is 2. The quantitative estimate of drug-likeness (QED) is 0.442. The first-order valence-electron chi connectivity index (χ1n) is 11.0. The van der Waals surface area contributed by atoms with Gasteiger partial charge in [-0.05, 0) is 36.4 Å². The summed E-state index contributed by atoms with van der Waals surface area (Å²) in [6.45, 7) is 0.171. The number of hydrogen-bond donors (Lipinski definition) is 2. The van der Waals surface area contributed by atoms with Crippen LogP contribution in [0.5, 0.6) is 5.75 Å². The van der Waals surface area contributed by atoms with Gasteiger partial charge in [-0.15, -0.1) is 0 Å². The van der Waals surface area contributed by atoms with Crippen molar-refractivity contribution in [2.75, 3.05) is 31.4 Å². The maximum absolute atomic E-state index is 14.9. The molecule has 1 saturated heterocycles. The van der Waals surface area contributed by atoms with Crippen molar-refractivity contribution in [3.63, 3.8) is 0 Å². The average Bonchev–Trinajstić information content (AvgIpc) is 3.54. The second-order valence-electron chi connectivity index (χ2n) is 7.97. The molecule has 1 fully saturated rings. The lowest BCUT2D eigenvalue weighted by atomic mass is 10.1. The average molecular weight is 533 g/mol. The minimum absolute atomic E-state index is 0.0611. The van der Waals surface area contributed by atoms with Crippen molar-refractivity contribution >= 4 is 41.1 Å². The first-order valence-corrected chi connectivity index (χ1v) is 11.3. The Morgan fingerprint density at radius 2 is 1.89 bits per heavy atom. The minimum atomic E-state index is -0.996. The molecule has 1 aliphatic heterocycles. The van der Waals surface area contributed by atoms with Gasteiger partial charge in [-0.25, -0.2) is 14.0 Å². The van der Waals surface area contributed by atoms with E-state index < -0.39 is 30.0 Å². The zero-order chi connectivity index (χ0) is 26.5. The number of halogens is 2. The van der Waals surface area contributed by atoms with Gasteiger partial charge in [-0.3, -0.25) is 4.79 Å². The van der Waals surface area contributed by atoms with E-state index in [0.29, 0.717) is 10.7 Å². The van der Waals surface area contributed by atoms with Gasteiger partial charge in [-0.2, -0.15) is 0 Å². The zero-order valence-electron chi connectivity index (χ0n) is 19.7. The molecule has 1 aromatic heterocycles. The molecule has 37 heavy (non-hydrogen) atoms. The molecule has 0 unspecified atom stereocenters. The number of carbonyl (C=O) groups excluding carboxylic acids is 3. The molecule has 0 radical (unpaired) electrons. The van der Waals surface area contributed by atoms with Gasteiger partial charge in [-0.1, -0.05) is 22.8 Å². The lowest BCUT2D eigenvalue weighted by Gasteiger charge is -2.24. The number of benzene rings is 2. The lowest BCUT2D eigenvalue weighted by molar-refractivity contribution is -0.119. The van der Waals surface area contributed by atoms with E-state index in [1.807, 2.05) is 0 Å². The van der Waals surface area contributed by atoms with Crippen LogP contribution in [-0.2, 0) is 14.3 Å². The van der Waals surface area contributed by atoms with Gasteiger partial charge in [0.2, 0.25) is 11.7 Å². The van der Waals surface area contributed by atoms with E-state index in [1.54, 1.807) is 24.3 Å². The van der Waals surface area contributed by atoms with Crippen LogP contribution in [0.2, 0.25) is 5.02 Å². The second-order valence-corrected chi connectivity index (χ2v) is 8.40.